The Hall–Kier alpha value is -3.27. The fraction of sp³-hybridized carbons (Fsp3) is 0.441. The van der Waals surface area contributed by atoms with Gasteiger partial charge in [0.05, 0.1) is 17.9 Å². The molecule has 3 heterocycles. The Balaban J connectivity index is 1.53. The molecule has 3 amide bonds. The monoisotopic (exact) mass is 649 g/mol. The van der Waals surface area contributed by atoms with E-state index < -0.39 is 29.6 Å². The highest BCUT2D eigenvalue weighted by atomic mass is 79.9. The summed E-state index contributed by atoms with van der Waals surface area (Å²) in [6, 6.07) is 18.2. The lowest BCUT2D eigenvalue weighted by Crippen LogP contribution is -2.57. The van der Waals surface area contributed by atoms with Gasteiger partial charge in [-0.2, -0.15) is 0 Å². The number of para-hydroxylation sites is 1. The van der Waals surface area contributed by atoms with Crippen molar-refractivity contribution in [1.29, 1.82) is 0 Å². The van der Waals surface area contributed by atoms with Gasteiger partial charge in [0.15, 0.2) is 0 Å². The minimum absolute atomic E-state index is 0.0678. The number of fused-ring (bicyclic) bond motifs is 1. The fourth-order valence-corrected chi connectivity index (χ4v) is 8.05. The number of hydrogen-bond acceptors (Lipinski definition) is 5. The van der Waals surface area contributed by atoms with Crippen molar-refractivity contribution in [3.05, 3.63) is 91.5 Å². The number of anilines is 1. The number of carbonyl (C=O) groups excluding carboxylic acids is 3. The molecule has 3 aliphatic heterocycles. The van der Waals surface area contributed by atoms with Gasteiger partial charge in [0.25, 0.3) is 0 Å². The number of nitrogens with zero attached hydrogens (tertiary/aromatic N) is 3. The maximum atomic E-state index is 14.6. The summed E-state index contributed by atoms with van der Waals surface area (Å²) in [5.74, 6) is -2.18. The molecule has 3 saturated heterocycles. The van der Waals surface area contributed by atoms with Gasteiger partial charge in [-0.1, -0.05) is 76.6 Å². The van der Waals surface area contributed by atoms with Crippen LogP contribution in [0.5, 0.6) is 0 Å². The third kappa shape index (κ3) is 5.82. The van der Waals surface area contributed by atoms with Crippen LogP contribution in [0.4, 0.5) is 5.69 Å². The summed E-state index contributed by atoms with van der Waals surface area (Å²) in [7, 11) is 0. The Kier molecular flexibility index (Phi) is 9.84. The van der Waals surface area contributed by atoms with E-state index in [9.17, 15) is 19.5 Å². The van der Waals surface area contributed by atoms with Crippen molar-refractivity contribution in [1.82, 2.24) is 9.80 Å². The van der Waals surface area contributed by atoms with E-state index in [1.54, 1.807) is 26.9 Å². The number of unbranched alkanes of at least 4 members (excludes halogenated alkanes) is 2. The number of alkyl halides is 1. The van der Waals surface area contributed by atoms with E-state index >= 15 is 0 Å². The molecule has 9 heteroatoms. The van der Waals surface area contributed by atoms with Crippen LogP contribution >= 0.6 is 15.9 Å². The number of rotatable bonds is 14. The lowest BCUT2D eigenvalue weighted by molar-refractivity contribution is -0.148. The molecule has 0 aliphatic carbocycles. The molecule has 1 spiro atoms. The normalized spacial score (nSPS) is 27.2. The van der Waals surface area contributed by atoms with Crippen LogP contribution < -0.4 is 4.90 Å². The van der Waals surface area contributed by atoms with Gasteiger partial charge in [-0.05, 0) is 43.4 Å². The number of likely N-dealkylation sites (tertiary alicyclic amines) is 1. The highest BCUT2D eigenvalue weighted by Crippen LogP contribution is 2.60. The summed E-state index contributed by atoms with van der Waals surface area (Å²) in [5.41, 5.74) is 0.544. The maximum absolute atomic E-state index is 14.6. The average Bonchev–Trinajstić information content (AvgIpc) is 3.61. The van der Waals surface area contributed by atoms with E-state index in [4.69, 9.17) is 4.74 Å². The van der Waals surface area contributed by atoms with Crippen molar-refractivity contribution in [3.8, 4) is 0 Å². The zero-order valence-electron chi connectivity index (χ0n) is 24.4. The van der Waals surface area contributed by atoms with Crippen LogP contribution in [-0.4, -0.2) is 81.4 Å². The van der Waals surface area contributed by atoms with Gasteiger partial charge in [-0.3, -0.25) is 14.4 Å². The molecule has 2 bridgehead atoms. The number of hydrogen-bond donors (Lipinski definition) is 1. The molecule has 0 aromatic heterocycles. The molecule has 2 aromatic carbocycles. The van der Waals surface area contributed by atoms with Crippen LogP contribution in [0.2, 0.25) is 0 Å². The summed E-state index contributed by atoms with van der Waals surface area (Å²) in [5, 5.41) is 9.33. The van der Waals surface area contributed by atoms with Gasteiger partial charge in [0.2, 0.25) is 17.7 Å². The quantitative estimate of drug-likeness (QED) is 0.187. The van der Waals surface area contributed by atoms with Crippen LogP contribution in [0.15, 0.2) is 86.0 Å². The molecule has 228 valence electrons. The topological polar surface area (TPSA) is 90.4 Å². The van der Waals surface area contributed by atoms with E-state index in [0.717, 1.165) is 5.56 Å². The molecule has 1 N–H and O–H groups in total. The van der Waals surface area contributed by atoms with E-state index in [1.807, 2.05) is 60.7 Å². The smallest absolute Gasteiger partial charge is 0.248 e. The molecule has 3 fully saturated rings. The standard InChI is InChI=1S/C34H40BrN3O5/c1-3-18-36(23-24-14-8-5-9-15-24)33(42)30-34-22-26(35)29(43-34)27(28(34)32(41)38(30)20-12-7-13-21-39)31(40)37(19-4-2)25-16-10-6-11-17-25/h3-6,8-11,14-17,26-30,39H,1-2,7,12-13,18-23H2/t26?,27-,28-,29-,30?,34?/m0/s1. The van der Waals surface area contributed by atoms with Crippen LogP contribution in [-0.2, 0) is 25.7 Å². The average molecular weight is 651 g/mol. The van der Waals surface area contributed by atoms with Crippen LogP contribution in [0, 0.1) is 11.8 Å². The second-order valence-electron chi connectivity index (χ2n) is 11.5. The molecule has 0 saturated carbocycles. The predicted molar refractivity (Wildman–Crippen MR) is 169 cm³/mol. The Morgan fingerprint density at radius 2 is 1.67 bits per heavy atom. The Morgan fingerprint density at radius 1 is 1.00 bits per heavy atom. The molecular weight excluding hydrogens is 610 g/mol. The van der Waals surface area contributed by atoms with E-state index in [0.29, 0.717) is 51.0 Å². The number of aliphatic hydroxyl groups excluding tert-OH is 1. The maximum Gasteiger partial charge on any atom is 0.248 e. The molecule has 2 aromatic rings. The van der Waals surface area contributed by atoms with Gasteiger partial charge in [-0.25, -0.2) is 0 Å². The molecule has 5 rings (SSSR count). The largest absolute Gasteiger partial charge is 0.396 e. The lowest BCUT2D eigenvalue weighted by Gasteiger charge is -2.37. The summed E-state index contributed by atoms with van der Waals surface area (Å²) >= 11 is 3.78. The van der Waals surface area contributed by atoms with Crippen LogP contribution in [0.3, 0.4) is 0 Å². The SMILES string of the molecule is C=CCN(Cc1ccccc1)C(=O)C1N(CCCCCO)C(=O)[C@@H]2[C@H](C(=O)N(CC=C)c3ccccc3)[C@H]3OC12CC3Br. The van der Waals surface area contributed by atoms with Gasteiger partial charge in [0, 0.05) is 43.3 Å². The predicted octanol–water partition coefficient (Wildman–Crippen LogP) is 4.33. The molecule has 3 unspecified atom stereocenters. The highest BCUT2D eigenvalue weighted by molar-refractivity contribution is 9.09. The Bertz CT molecular complexity index is 1320. The number of carbonyl (C=O) groups is 3. The Labute approximate surface area is 262 Å². The summed E-state index contributed by atoms with van der Waals surface area (Å²) in [6.45, 7) is 9.11. The third-order valence-corrected chi connectivity index (χ3v) is 9.73. The van der Waals surface area contributed by atoms with Gasteiger partial charge in [-0.15, -0.1) is 13.2 Å². The second-order valence-corrected chi connectivity index (χ2v) is 12.7. The number of aliphatic hydroxyl groups is 1. The number of ether oxygens (including phenoxy) is 1. The van der Waals surface area contributed by atoms with Crippen molar-refractivity contribution >= 4 is 39.3 Å². The van der Waals surface area contributed by atoms with Crippen LogP contribution in [0.25, 0.3) is 0 Å². The minimum atomic E-state index is -1.14. The highest BCUT2D eigenvalue weighted by Gasteiger charge is 2.76. The van der Waals surface area contributed by atoms with Gasteiger partial charge in [0.1, 0.15) is 11.6 Å². The first-order valence-corrected chi connectivity index (χ1v) is 15.9. The zero-order chi connectivity index (χ0) is 30.6. The number of halogens is 1. The van der Waals surface area contributed by atoms with E-state index in [1.165, 1.54) is 0 Å². The molecular formula is C34H40BrN3O5. The van der Waals surface area contributed by atoms with Gasteiger partial charge >= 0.3 is 0 Å². The third-order valence-electron chi connectivity index (χ3n) is 8.89. The molecule has 6 atom stereocenters. The van der Waals surface area contributed by atoms with E-state index in [-0.39, 0.29) is 35.7 Å². The van der Waals surface area contributed by atoms with Crippen molar-refractivity contribution < 1.29 is 24.2 Å². The lowest BCUT2D eigenvalue weighted by atomic mass is 9.70. The first-order chi connectivity index (χ1) is 20.9. The molecule has 3 aliphatic rings. The van der Waals surface area contributed by atoms with E-state index in [2.05, 4.69) is 29.1 Å². The zero-order valence-corrected chi connectivity index (χ0v) is 26.0. The van der Waals surface area contributed by atoms with Crippen LogP contribution in [0.1, 0.15) is 31.2 Å². The summed E-state index contributed by atoms with van der Waals surface area (Å²) in [6.07, 6.45) is 5.22. The first kappa shape index (κ1) is 31.2. The van der Waals surface area contributed by atoms with Crippen molar-refractivity contribution in [2.45, 2.75) is 54.8 Å². The number of amides is 3. The molecule has 43 heavy (non-hydrogen) atoms. The van der Waals surface area contributed by atoms with Crippen molar-refractivity contribution in [3.63, 3.8) is 0 Å². The summed E-state index contributed by atoms with van der Waals surface area (Å²) in [4.78, 5) is 48.2. The fourth-order valence-electron chi connectivity index (χ4n) is 7.11. The second kappa shape index (κ2) is 13.6. The summed E-state index contributed by atoms with van der Waals surface area (Å²) < 4.78 is 6.74. The minimum Gasteiger partial charge on any atom is -0.396 e. The van der Waals surface area contributed by atoms with Crippen molar-refractivity contribution in [2.24, 2.45) is 11.8 Å². The molecule has 0 radical (unpaired) electrons. The van der Waals surface area contributed by atoms with Crippen molar-refractivity contribution in [2.75, 3.05) is 31.1 Å². The Morgan fingerprint density at radius 3 is 2.33 bits per heavy atom. The van der Waals surface area contributed by atoms with Gasteiger partial charge < -0.3 is 24.5 Å². The molecule has 8 nitrogen and oxygen atoms in total. The number of benzene rings is 2. The first-order valence-electron chi connectivity index (χ1n) is 15.0.